The second-order valence-electron chi connectivity index (χ2n) is 5.46. The molecule has 0 saturated heterocycles. The van der Waals surface area contributed by atoms with E-state index in [1.54, 1.807) is 0 Å². The smallest absolute Gasteiger partial charge is 0.0522 e. The Kier molecular flexibility index (Phi) is 7.75. The van der Waals surface area contributed by atoms with Crippen molar-refractivity contribution in [3.8, 4) is 0 Å². The average molecular weight is 266 g/mol. The SMILES string of the molecule is CCN(CC)CCCNCc1ccnn1CC(C)C. The van der Waals surface area contributed by atoms with Gasteiger partial charge in [-0.15, -0.1) is 0 Å². The normalized spacial score (nSPS) is 11.7. The molecule has 0 spiro atoms. The predicted molar refractivity (Wildman–Crippen MR) is 81.2 cm³/mol. The molecular formula is C15H30N4. The van der Waals surface area contributed by atoms with Crippen molar-refractivity contribution in [3.63, 3.8) is 0 Å². The van der Waals surface area contributed by atoms with E-state index in [0.717, 1.165) is 32.7 Å². The maximum atomic E-state index is 4.38. The van der Waals surface area contributed by atoms with Crippen molar-refractivity contribution in [2.24, 2.45) is 5.92 Å². The lowest BCUT2D eigenvalue weighted by Gasteiger charge is -2.17. The quantitative estimate of drug-likeness (QED) is 0.660. The van der Waals surface area contributed by atoms with Gasteiger partial charge >= 0.3 is 0 Å². The first-order chi connectivity index (χ1) is 9.17. The summed E-state index contributed by atoms with van der Waals surface area (Å²) in [6.07, 6.45) is 3.11. The zero-order valence-corrected chi connectivity index (χ0v) is 13.0. The Hall–Kier alpha value is -0.870. The number of rotatable bonds is 10. The van der Waals surface area contributed by atoms with Crippen LogP contribution >= 0.6 is 0 Å². The molecule has 0 bridgehead atoms. The maximum absolute atomic E-state index is 4.38. The molecule has 0 fully saturated rings. The Balaban J connectivity index is 2.20. The first kappa shape index (κ1) is 16.2. The molecule has 1 aromatic rings. The van der Waals surface area contributed by atoms with Gasteiger partial charge in [-0.25, -0.2) is 0 Å². The fourth-order valence-electron chi connectivity index (χ4n) is 2.20. The molecule has 1 N–H and O–H groups in total. The highest BCUT2D eigenvalue weighted by Gasteiger charge is 2.04. The van der Waals surface area contributed by atoms with E-state index in [4.69, 9.17) is 0 Å². The van der Waals surface area contributed by atoms with Crippen LogP contribution in [-0.2, 0) is 13.1 Å². The third-order valence-electron chi connectivity index (χ3n) is 3.37. The van der Waals surface area contributed by atoms with Gasteiger partial charge in [0.2, 0.25) is 0 Å². The Morgan fingerprint density at radius 2 is 2.05 bits per heavy atom. The van der Waals surface area contributed by atoms with Crippen LogP contribution in [0.2, 0.25) is 0 Å². The first-order valence-corrected chi connectivity index (χ1v) is 7.61. The Morgan fingerprint density at radius 1 is 1.32 bits per heavy atom. The second kappa shape index (κ2) is 9.10. The largest absolute Gasteiger partial charge is 0.311 e. The molecule has 0 aliphatic heterocycles. The third kappa shape index (κ3) is 6.21. The van der Waals surface area contributed by atoms with Gasteiger partial charge in [0.05, 0.1) is 5.69 Å². The fraction of sp³-hybridized carbons (Fsp3) is 0.800. The van der Waals surface area contributed by atoms with Crippen LogP contribution in [0.15, 0.2) is 12.3 Å². The lowest BCUT2D eigenvalue weighted by Crippen LogP contribution is -2.27. The molecule has 19 heavy (non-hydrogen) atoms. The third-order valence-corrected chi connectivity index (χ3v) is 3.37. The molecule has 0 amide bonds. The molecule has 0 unspecified atom stereocenters. The van der Waals surface area contributed by atoms with E-state index in [1.807, 2.05) is 6.20 Å². The molecule has 0 aliphatic carbocycles. The van der Waals surface area contributed by atoms with Crippen molar-refractivity contribution in [1.29, 1.82) is 0 Å². The van der Waals surface area contributed by atoms with Crippen LogP contribution in [0.3, 0.4) is 0 Å². The molecule has 0 aliphatic rings. The van der Waals surface area contributed by atoms with Crippen molar-refractivity contribution in [3.05, 3.63) is 18.0 Å². The molecule has 0 radical (unpaired) electrons. The van der Waals surface area contributed by atoms with E-state index >= 15 is 0 Å². The highest BCUT2D eigenvalue weighted by molar-refractivity contribution is 5.00. The highest BCUT2D eigenvalue weighted by atomic mass is 15.3. The Bertz CT molecular complexity index is 329. The molecule has 4 heteroatoms. The minimum atomic E-state index is 0.640. The van der Waals surface area contributed by atoms with E-state index in [-0.39, 0.29) is 0 Å². The molecular weight excluding hydrogens is 236 g/mol. The van der Waals surface area contributed by atoms with Crippen LogP contribution in [0.5, 0.6) is 0 Å². The van der Waals surface area contributed by atoms with Crippen LogP contribution < -0.4 is 5.32 Å². The van der Waals surface area contributed by atoms with Gasteiger partial charge in [-0.2, -0.15) is 5.10 Å². The predicted octanol–water partition coefficient (Wildman–Crippen LogP) is 2.36. The van der Waals surface area contributed by atoms with Gasteiger partial charge in [-0.1, -0.05) is 27.7 Å². The Labute approximate surface area is 118 Å². The summed E-state index contributed by atoms with van der Waals surface area (Å²) in [5, 5.41) is 7.90. The molecule has 1 rings (SSSR count). The minimum Gasteiger partial charge on any atom is -0.311 e. The van der Waals surface area contributed by atoms with E-state index in [0.29, 0.717) is 5.92 Å². The summed E-state index contributed by atoms with van der Waals surface area (Å²) < 4.78 is 2.11. The van der Waals surface area contributed by atoms with Crippen LogP contribution in [-0.4, -0.2) is 40.9 Å². The topological polar surface area (TPSA) is 33.1 Å². The number of aromatic nitrogens is 2. The monoisotopic (exact) mass is 266 g/mol. The van der Waals surface area contributed by atoms with Gasteiger partial charge in [0.15, 0.2) is 0 Å². The maximum Gasteiger partial charge on any atom is 0.0522 e. The standard InChI is InChI=1S/C15H30N4/c1-5-18(6-2)11-7-9-16-12-15-8-10-17-19(15)13-14(3)4/h8,10,14,16H,5-7,9,11-13H2,1-4H3. The van der Waals surface area contributed by atoms with Crippen LogP contribution in [0.25, 0.3) is 0 Å². The van der Waals surface area contributed by atoms with Crippen molar-refractivity contribution in [1.82, 2.24) is 20.0 Å². The average Bonchev–Trinajstić information content (AvgIpc) is 2.80. The van der Waals surface area contributed by atoms with Crippen molar-refractivity contribution in [2.75, 3.05) is 26.2 Å². The Morgan fingerprint density at radius 3 is 2.68 bits per heavy atom. The van der Waals surface area contributed by atoms with E-state index in [1.165, 1.54) is 18.7 Å². The van der Waals surface area contributed by atoms with Crippen molar-refractivity contribution >= 4 is 0 Å². The van der Waals surface area contributed by atoms with Gasteiger partial charge in [-0.3, -0.25) is 4.68 Å². The van der Waals surface area contributed by atoms with Gasteiger partial charge in [-0.05, 0) is 44.6 Å². The van der Waals surface area contributed by atoms with Gasteiger partial charge in [0, 0.05) is 19.3 Å². The lowest BCUT2D eigenvalue weighted by atomic mass is 10.2. The van der Waals surface area contributed by atoms with Gasteiger partial charge in [0.1, 0.15) is 0 Å². The van der Waals surface area contributed by atoms with E-state index in [2.05, 4.69) is 53.8 Å². The molecule has 4 nitrogen and oxygen atoms in total. The molecule has 1 aromatic heterocycles. The molecule has 1 heterocycles. The highest BCUT2D eigenvalue weighted by Crippen LogP contribution is 2.03. The zero-order chi connectivity index (χ0) is 14.1. The lowest BCUT2D eigenvalue weighted by molar-refractivity contribution is 0.297. The summed E-state index contributed by atoms with van der Waals surface area (Å²) in [4.78, 5) is 2.46. The number of hydrogen-bond donors (Lipinski definition) is 1. The fourth-order valence-corrected chi connectivity index (χ4v) is 2.20. The molecule has 0 aromatic carbocycles. The summed E-state index contributed by atoms with van der Waals surface area (Å²) in [5.74, 6) is 0.640. The van der Waals surface area contributed by atoms with Crippen molar-refractivity contribution in [2.45, 2.75) is 47.2 Å². The number of nitrogens with zero attached hydrogens (tertiary/aromatic N) is 3. The molecule has 110 valence electrons. The molecule has 0 saturated carbocycles. The summed E-state index contributed by atoms with van der Waals surface area (Å²) in [6.45, 7) is 15.4. The van der Waals surface area contributed by atoms with Gasteiger partial charge < -0.3 is 10.2 Å². The van der Waals surface area contributed by atoms with Crippen LogP contribution in [0.4, 0.5) is 0 Å². The first-order valence-electron chi connectivity index (χ1n) is 7.61. The van der Waals surface area contributed by atoms with Crippen LogP contribution in [0, 0.1) is 5.92 Å². The second-order valence-corrected chi connectivity index (χ2v) is 5.46. The number of nitrogens with one attached hydrogen (secondary N) is 1. The summed E-state index contributed by atoms with van der Waals surface area (Å²) in [6, 6.07) is 2.11. The van der Waals surface area contributed by atoms with E-state index in [9.17, 15) is 0 Å². The van der Waals surface area contributed by atoms with Gasteiger partial charge in [0.25, 0.3) is 0 Å². The summed E-state index contributed by atoms with van der Waals surface area (Å²) in [5.41, 5.74) is 1.29. The van der Waals surface area contributed by atoms with E-state index < -0.39 is 0 Å². The molecule has 0 atom stereocenters. The van der Waals surface area contributed by atoms with Crippen LogP contribution in [0.1, 0.15) is 39.8 Å². The zero-order valence-electron chi connectivity index (χ0n) is 13.0. The van der Waals surface area contributed by atoms with Crippen molar-refractivity contribution < 1.29 is 0 Å². The minimum absolute atomic E-state index is 0.640. The summed E-state index contributed by atoms with van der Waals surface area (Å²) in [7, 11) is 0. The summed E-state index contributed by atoms with van der Waals surface area (Å²) >= 11 is 0. The number of hydrogen-bond acceptors (Lipinski definition) is 3.